The predicted octanol–water partition coefficient (Wildman–Crippen LogP) is 2.30. The lowest BCUT2D eigenvalue weighted by atomic mass is 10.1. The number of benzene rings is 2. The van der Waals surface area contributed by atoms with Crippen LogP contribution in [0.2, 0.25) is 0 Å². The zero-order valence-corrected chi connectivity index (χ0v) is 15.8. The minimum absolute atomic E-state index is 0.411. The van der Waals surface area contributed by atoms with E-state index in [-0.39, 0.29) is 0 Å². The van der Waals surface area contributed by atoms with Crippen LogP contribution in [0.25, 0.3) is 5.69 Å². The smallest absolute Gasteiger partial charge is 0.258 e. The molecule has 0 radical (unpaired) electrons. The van der Waals surface area contributed by atoms with E-state index in [0.29, 0.717) is 5.69 Å². The van der Waals surface area contributed by atoms with Gasteiger partial charge in [0.25, 0.3) is 0 Å². The molecule has 6 nitrogen and oxygen atoms in total. The van der Waals surface area contributed by atoms with E-state index in [1.165, 1.54) is 28.6 Å². The van der Waals surface area contributed by atoms with E-state index in [4.69, 9.17) is 0 Å². The Hall–Kier alpha value is -2.80. The quantitative estimate of drug-likeness (QED) is 0.769. The summed E-state index contributed by atoms with van der Waals surface area (Å²) in [6, 6.07) is 11.4. The molecule has 3 rings (SSSR count). The second-order valence-electron chi connectivity index (χ2n) is 6.24. The van der Waals surface area contributed by atoms with Gasteiger partial charge in [0.1, 0.15) is 0 Å². The van der Waals surface area contributed by atoms with Crippen molar-refractivity contribution in [3.05, 3.63) is 84.5 Å². The molecule has 0 unspecified atom stereocenters. The fourth-order valence-corrected chi connectivity index (χ4v) is 3.84. The number of aromatic amines is 1. The number of nitrogens with one attached hydrogen (secondary N) is 1. The Morgan fingerprint density at radius 1 is 0.885 bits per heavy atom. The molecule has 0 saturated carbocycles. The molecule has 0 fully saturated rings. The molecule has 0 aliphatic rings. The Bertz CT molecular complexity index is 1130. The van der Waals surface area contributed by atoms with E-state index in [1.807, 2.05) is 12.1 Å². The highest BCUT2D eigenvalue weighted by Gasteiger charge is 2.10. The number of H-pyrrole nitrogens is 1. The number of aromatic nitrogens is 3. The summed E-state index contributed by atoms with van der Waals surface area (Å²) in [5, 5.41) is 0. The molecule has 1 aromatic heterocycles. The molecule has 0 aliphatic carbocycles. The number of hydrogen-bond acceptors (Lipinski definition) is 4. The first-order valence-electron chi connectivity index (χ1n) is 8.06. The molecule has 0 bridgehead atoms. The molecule has 0 amide bonds. The van der Waals surface area contributed by atoms with Gasteiger partial charge in [0.15, 0.2) is 0 Å². The molecule has 2 aromatic carbocycles. The first-order valence-corrected chi connectivity index (χ1v) is 8.88. The highest BCUT2D eigenvalue weighted by atomic mass is 32.2. The van der Waals surface area contributed by atoms with Crippen molar-refractivity contribution < 1.29 is 0 Å². The molecule has 134 valence electrons. The van der Waals surface area contributed by atoms with Crippen LogP contribution in [-0.4, -0.2) is 14.1 Å². The summed E-state index contributed by atoms with van der Waals surface area (Å²) in [6.45, 7) is 6.24. The lowest BCUT2D eigenvalue weighted by Gasteiger charge is -2.11. The fraction of sp³-hybridized carbons (Fsp3) is 0.211. The predicted molar refractivity (Wildman–Crippen MR) is 103 cm³/mol. The minimum atomic E-state index is -0.747. The Labute approximate surface area is 154 Å². The number of hydrogen-bond donors (Lipinski definition) is 1. The molecule has 26 heavy (non-hydrogen) atoms. The molecular formula is C19H19N3O3S. The van der Waals surface area contributed by atoms with Gasteiger partial charge in [-0.05, 0) is 56.2 Å². The second kappa shape index (κ2) is 6.84. The van der Waals surface area contributed by atoms with Gasteiger partial charge in [0.05, 0.1) is 5.69 Å². The lowest BCUT2D eigenvalue weighted by Crippen LogP contribution is -2.47. The van der Waals surface area contributed by atoms with E-state index in [1.54, 1.807) is 23.9 Å². The minimum Gasteiger partial charge on any atom is -0.258 e. The third-order valence-electron chi connectivity index (χ3n) is 4.12. The van der Waals surface area contributed by atoms with Gasteiger partial charge in [-0.15, -0.1) is 0 Å². The van der Waals surface area contributed by atoms with Crippen molar-refractivity contribution in [2.24, 2.45) is 7.05 Å². The van der Waals surface area contributed by atoms with Crippen molar-refractivity contribution in [1.82, 2.24) is 14.1 Å². The van der Waals surface area contributed by atoms with Crippen LogP contribution in [0.3, 0.4) is 0 Å². The topological polar surface area (TPSA) is 76.9 Å². The van der Waals surface area contributed by atoms with E-state index in [9.17, 15) is 14.4 Å². The standard InChI is InChI=1S/C19H19N3O3S/c1-11-9-12(2)16(13(3)10-11)26-15-7-5-14(6-8-15)22-18(24)20-17(23)21(4)19(22)25/h5-10H,1-4H3,(H,20,23,24). The number of aryl methyl sites for hydroxylation is 3. The summed E-state index contributed by atoms with van der Waals surface area (Å²) in [7, 11) is 1.32. The van der Waals surface area contributed by atoms with Gasteiger partial charge in [-0.25, -0.2) is 23.5 Å². The third-order valence-corrected chi connectivity index (χ3v) is 5.48. The summed E-state index contributed by atoms with van der Waals surface area (Å²) in [5.41, 5.74) is 1.91. The Kier molecular flexibility index (Phi) is 4.73. The van der Waals surface area contributed by atoms with Crippen molar-refractivity contribution in [2.45, 2.75) is 30.6 Å². The van der Waals surface area contributed by atoms with Gasteiger partial charge < -0.3 is 0 Å². The maximum atomic E-state index is 12.2. The molecule has 0 atom stereocenters. The zero-order valence-electron chi connectivity index (χ0n) is 15.0. The van der Waals surface area contributed by atoms with Gasteiger partial charge in [-0.1, -0.05) is 29.5 Å². The van der Waals surface area contributed by atoms with Crippen LogP contribution in [0, 0.1) is 20.8 Å². The maximum absolute atomic E-state index is 12.2. The first-order chi connectivity index (χ1) is 12.3. The lowest BCUT2D eigenvalue weighted by molar-refractivity contribution is 0.660. The Morgan fingerprint density at radius 2 is 1.46 bits per heavy atom. The number of rotatable bonds is 3. The third kappa shape index (κ3) is 3.30. The average Bonchev–Trinajstić information content (AvgIpc) is 2.57. The summed E-state index contributed by atoms with van der Waals surface area (Å²) in [5.74, 6) is 0. The van der Waals surface area contributed by atoms with Crippen LogP contribution in [-0.2, 0) is 7.05 Å². The van der Waals surface area contributed by atoms with Crippen molar-refractivity contribution >= 4 is 11.8 Å². The van der Waals surface area contributed by atoms with Gasteiger partial charge in [0.2, 0.25) is 0 Å². The zero-order chi connectivity index (χ0) is 19.0. The highest BCUT2D eigenvalue weighted by molar-refractivity contribution is 7.99. The summed E-state index contributed by atoms with van der Waals surface area (Å²) in [6.07, 6.45) is 0. The number of nitrogens with zero attached hydrogens (tertiary/aromatic N) is 2. The molecule has 0 aliphatic heterocycles. The molecule has 7 heteroatoms. The van der Waals surface area contributed by atoms with E-state index in [0.717, 1.165) is 14.0 Å². The fourth-order valence-electron chi connectivity index (χ4n) is 2.89. The van der Waals surface area contributed by atoms with Crippen LogP contribution in [0.1, 0.15) is 16.7 Å². The molecule has 0 saturated heterocycles. The van der Waals surface area contributed by atoms with E-state index < -0.39 is 17.1 Å². The van der Waals surface area contributed by atoms with Crippen LogP contribution < -0.4 is 17.1 Å². The Morgan fingerprint density at radius 3 is 2.04 bits per heavy atom. The summed E-state index contributed by atoms with van der Waals surface area (Å²) < 4.78 is 1.81. The molecule has 0 spiro atoms. The van der Waals surface area contributed by atoms with Crippen molar-refractivity contribution in [1.29, 1.82) is 0 Å². The normalized spacial score (nSPS) is 10.9. The van der Waals surface area contributed by atoms with Gasteiger partial charge >= 0.3 is 17.1 Å². The maximum Gasteiger partial charge on any atom is 0.340 e. The monoisotopic (exact) mass is 369 g/mol. The van der Waals surface area contributed by atoms with Crippen LogP contribution in [0.4, 0.5) is 0 Å². The molecule has 3 aromatic rings. The summed E-state index contributed by atoms with van der Waals surface area (Å²) in [4.78, 5) is 40.0. The van der Waals surface area contributed by atoms with Crippen molar-refractivity contribution in [3.8, 4) is 5.69 Å². The van der Waals surface area contributed by atoms with E-state index >= 15 is 0 Å². The summed E-state index contributed by atoms with van der Waals surface area (Å²) >= 11 is 1.64. The average molecular weight is 369 g/mol. The van der Waals surface area contributed by atoms with Gasteiger partial charge in [0, 0.05) is 16.8 Å². The molecule has 1 heterocycles. The first kappa shape index (κ1) is 18.0. The largest absolute Gasteiger partial charge is 0.340 e. The van der Waals surface area contributed by atoms with Crippen molar-refractivity contribution in [3.63, 3.8) is 0 Å². The van der Waals surface area contributed by atoms with Gasteiger partial charge in [-0.3, -0.25) is 4.98 Å². The SMILES string of the molecule is Cc1cc(C)c(Sc2ccc(-n3c(=O)[nH]c(=O)n(C)c3=O)cc2)c(C)c1. The van der Waals surface area contributed by atoms with Crippen LogP contribution in [0.15, 0.2) is 60.6 Å². The van der Waals surface area contributed by atoms with Crippen LogP contribution in [0.5, 0.6) is 0 Å². The van der Waals surface area contributed by atoms with Crippen LogP contribution >= 0.6 is 11.8 Å². The second-order valence-corrected chi connectivity index (χ2v) is 7.32. The van der Waals surface area contributed by atoms with Crippen molar-refractivity contribution in [2.75, 3.05) is 0 Å². The van der Waals surface area contributed by atoms with E-state index in [2.05, 4.69) is 37.9 Å². The Balaban J connectivity index is 1.99. The molecular weight excluding hydrogens is 350 g/mol. The molecule has 1 N–H and O–H groups in total. The highest BCUT2D eigenvalue weighted by Crippen LogP contribution is 2.33. The van der Waals surface area contributed by atoms with Gasteiger partial charge in [-0.2, -0.15) is 0 Å².